The van der Waals surface area contributed by atoms with Crippen molar-refractivity contribution in [3.8, 4) is 22.6 Å². The van der Waals surface area contributed by atoms with Crippen LogP contribution < -0.4 is 10.1 Å². The molecule has 6 heteroatoms. The summed E-state index contributed by atoms with van der Waals surface area (Å²) >= 11 is 0. The van der Waals surface area contributed by atoms with Crippen molar-refractivity contribution in [2.75, 3.05) is 5.32 Å². The van der Waals surface area contributed by atoms with Crippen LogP contribution in [0.2, 0.25) is 0 Å². The normalized spacial score (nSPS) is 11.6. The molecule has 4 rings (SSSR count). The Morgan fingerprint density at radius 2 is 1.54 bits per heavy atom. The quantitative estimate of drug-likeness (QED) is 0.454. The molecule has 0 bridgehead atoms. The molecule has 1 heterocycles. The molecule has 0 atom stereocenters. The van der Waals surface area contributed by atoms with Gasteiger partial charge in [-0.3, -0.25) is 0 Å². The predicted octanol–water partition coefficient (Wildman–Crippen LogP) is 5.22. The van der Waals surface area contributed by atoms with Gasteiger partial charge in [0.25, 0.3) is 0 Å². The fourth-order valence-corrected chi connectivity index (χ4v) is 3.18. The molecule has 0 radical (unpaired) electrons. The molecule has 0 unspecified atom stereocenters. The molecular weight excluding hydrogens is 358 g/mol. The number of rotatable bonds is 3. The Morgan fingerprint density at radius 3 is 2.21 bits per heavy atom. The Labute approximate surface area is 161 Å². The molecule has 0 saturated carbocycles. The van der Waals surface area contributed by atoms with E-state index in [0.717, 1.165) is 17.2 Å². The van der Waals surface area contributed by atoms with Crippen LogP contribution in [-0.2, 0) is 0 Å². The number of fused-ring (bicyclic) bond motifs is 2. The molecule has 3 aromatic carbocycles. The largest absolute Gasteiger partial charge is 0.478 e. The zero-order valence-electron chi connectivity index (χ0n) is 15.2. The molecule has 28 heavy (non-hydrogen) atoms. The highest BCUT2D eigenvalue weighted by Gasteiger charge is 2.25. The van der Waals surface area contributed by atoms with E-state index in [-0.39, 0.29) is 22.6 Å². The third-order valence-corrected chi connectivity index (χ3v) is 4.88. The first kappa shape index (κ1) is 17.6. The average molecular weight is 375 g/mol. The summed E-state index contributed by atoms with van der Waals surface area (Å²) in [5.74, 6) is -1.78. The second kappa shape index (κ2) is 6.42. The first-order chi connectivity index (χ1) is 13.3. The van der Waals surface area contributed by atoms with Crippen LogP contribution in [0.5, 0.6) is 11.5 Å². The summed E-state index contributed by atoms with van der Waals surface area (Å²) in [6.07, 6.45) is 0. The summed E-state index contributed by atoms with van der Waals surface area (Å²) in [4.78, 5) is 22.9. The molecule has 1 aliphatic heterocycles. The van der Waals surface area contributed by atoms with Gasteiger partial charge in [0.2, 0.25) is 0 Å². The van der Waals surface area contributed by atoms with Gasteiger partial charge in [-0.05, 0) is 60.4 Å². The number of aryl methyl sites for hydroxylation is 2. The number of carbonyl (C=O) groups is 2. The number of anilines is 2. The van der Waals surface area contributed by atoms with Gasteiger partial charge in [-0.2, -0.15) is 0 Å². The second-order valence-electron chi connectivity index (χ2n) is 6.74. The Hall–Kier alpha value is -3.80. The van der Waals surface area contributed by atoms with Crippen LogP contribution >= 0.6 is 0 Å². The molecule has 0 aromatic heterocycles. The van der Waals surface area contributed by atoms with Gasteiger partial charge in [-0.1, -0.05) is 24.3 Å². The van der Waals surface area contributed by atoms with Gasteiger partial charge in [-0.25, -0.2) is 9.59 Å². The average Bonchev–Trinajstić information content (AvgIpc) is 2.67. The van der Waals surface area contributed by atoms with Gasteiger partial charge < -0.3 is 20.3 Å². The highest BCUT2D eigenvalue weighted by Crippen LogP contribution is 2.45. The van der Waals surface area contributed by atoms with Gasteiger partial charge in [0.1, 0.15) is 0 Å². The first-order valence-corrected chi connectivity index (χ1v) is 8.64. The molecule has 1 aliphatic rings. The highest BCUT2D eigenvalue weighted by atomic mass is 16.5. The maximum Gasteiger partial charge on any atom is 0.337 e. The Bertz CT molecular complexity index is 1150. The zero-order valence-corrected chi connectivity index (χ0v) is 15.2. The van der Waals surface area contributed by atoms with Crippen LogP contribution in [0.3, 0.4) is 0 Å². The van der Waals surface area contributed by atoms with E-state index >= 15 is 0 Å². The van der Waals surface area contributed by atoms with E-state index in [1.54, 1.807) is 0 Å². The van der Waals surface area contributed by atoms with Gasteiger partial charge >= 0.3 is 11.9 Å². The zero-order chi connectivity index (χ0) is 20.0. The summed E-state index contributed by atoms with van der Waals surface area (Å²) in [5, 5.41) is 21.8. The minimum atomic E-state index is -1.23. The lowest BCUT2D eigenvalue weighted by molar-refractivity contribution is 0.0696. The molecule has 140 valence electrons. The number of hydrogen-bond acceptors (Lipinski definition) is 4. The minimum absolute atomic E-state index is 0.147. The Balaban J connectivity index is 1.79. The number of carboxylic acid groups (broad SMARTS) is 2. The lowest BCUT2D eigenvalue weighted by Crippen LogP contribution is -2.11. The summed E-state index contributed by atoms with van der Waals surface area (Å²) in [6, 6.07) is 14.2. The van der Waals surface area contributed by atoms with Crippen LogP contribution in [0.25, 0.3) is 11.1 Å². The lowest BCUT2D eigenvalue weighted by atomic mass is 9.99. The third-order valence-electron chi connectivity index (χ3n) is 4.88. The van der Waals surface area contributed by atoms with E-state index in [1.165, 1.54) is 17.2 Å². The molecule has 3 N–H and O–H groups in total. The topological polar surface area (TPSA) is 95.9 Å². The monoisotopic (exact) mass is 375 g/mol. The van der Waals surface area contributed by atoms with E-state index in [0.29, 0.717) is 11.4 Å². The van der Waals surface area contributed by atoms with Crippen LogP contribution in [0, 0.1) is 13.8 Å². The SMILES string of the molecule is Cc1ccc(-c2ccc3c(c2)Oc2cc(C(=O)O)cc(C(=O)O)c2N3)cc1C. The number of benzene rings is 3. The van der Waals surface area contributed by atoms with Crippen LogP contribution in [0.1, 0.15) is 31.8 Å². The summed E-state index contributed by atoms with van der Waals surface area (Å²) < 4.78 is 5.89. The molecule has 0 fully saturated rings. The lowest BCUT2D eigenvalue weighted by Gasteiger charge is -2.24. The molecule has 0 amide bonds. The van der Waals surface area contributed by atoms with Crippen molar-refractivity contribution < 1.29 is 24.5 Å². The second-order valence-corrected chi connectivity index (χ2v) is 6.74. The van der Waals surface area contributed by atoms with Gasteiger partial charge in [0.05, 0.1) is 22.5 Å². The van der Waals surface area contributed by atoms with Crippen molar-refractivity contribution in [1.82, 2.24) is 0 Å². The summed E-state index contributed by atoms with van der Waals surface area (Å²) in [6.45, 7) is 4.10. The smallest absolute Gasteiger partial charge is 0.337 e. The number of nitrogens with one attached hydrogen (secondary N) is 1. The van der Waals surface area contributed by atoms with E-state index in [2.05, 4.69) is 24.4 Å². The summed E-state index contributed by atoms with van der Waals surface area (Å²) in [7, 11) is 0. The van der Waals surface area contributed by atoms with E-state index in [1.807, 2.05) is 31.2 Å². The van der Waals surface area contributed by atoms with Crippen LogP contribution in [0.4, 0.5) is 11.4 Å². The number of hydrogen-bond donors (Lipinski definition) is 3. The molecule has 0 spiro atoms. The molecule has 3 aromatic rings. The van der Waals surface area contributed by atoms with Crippen molar-refractivity contribution in [1.29, 1.82) is 0 Å². The van der Waals surface area contributed by atoms with Gasteiger partial charge in [0, 0.05) is 0 Å². The van der Waals surface area contributed by atoms with Gasteiger partial charge in [-0.15, -0.1) is 0 Å². The van der Waals surface area contributed by atoms with Gasteiger partial charge in [0.15, 0.2) is 11.5 Å². The fraction of sp³-hybridized carbons (Fsp3) is 0.0909. The van der Waals surface area contributed by atoms with E-state index in [4.69, 9.17) is 4.74 Å². The summed E-state index contributed by atoms with van der Waals surface area (Å²) in [5.41, 5.74) is 4.92. The first-order valence-electron chi connectivity index (χ1n) is 8.64. The fourth-order valence-electron chi connectivity index (χ4n) is 3.18. The van der Waals surface area contributed by atoms with Crippen molar-refractivity contribution in [2.45, 2.75) is 13.8 Å². The van der Waals surface area contributed by atoms with Crippen molar-refractivity contribution in [3.05, 3.63) is 70.8 Å². The standard InChI is InChI=1S/C22H17NO5/c1-11-3-4-13(7-12(11)2)14-5-6-17-18(9-14)28-19-10-15(21(24)25)8-16(22(26)27)20(19)23-17/h3-10,23H,1-2H3,(H,24,25)(H,26,27). The molecule has 0 saturated heterocycles. The van der Waals surface area contributed by atoms with Crippen molar-refractivity contribution >= 4 is 23.3 Å². The van der Waals surface area contributed by atoms with Crippen molar-refractivity contribution in [2.24, 2.45) is 0 Å². The Morgan fingerprint density at radius 1 is 0.821 bits per heavy atom. The predicted molar refractivity (Wildman–Crippen MR) is 105 cm³/mol. The molecule has 6 nitrogen and oxygen atoms in total. The highest BCUT2D eigenvalue weighted by molar-refractivity contribution is 6.02. The van der Waals surface area contributed by atoms with Crippen LogP contribution in [-0.4, -0.2) is 22.2 Å². The van der Waals surface area contributed by atoms with Crippen LogP contribution in [0.15, 0.2) is 48.5 Å². The number of aromatic carboxylic acids is 2. The molecule has 0 aliphatic carbocycles. The molecular formula is C22H17NO5. The Kier molecular flexibility index (Phi) is 4.04. The maximum absolute atomic E-state index is 11.6. The van der Waals surface area contributed by atoms with E-state index < -0.39 is 11.9 Å². The number of carboxylic acids is 2. The third kappa shape index (κ3) is 2.95. The van der Waals surface area contributed by atoms with Crippen molar-refractivity contribution in [3.63, 3.8) is 0 Å². The minimum Gasteiger partial charge on any atom is -0.478 e. The van der Waals surface area contributed by atoms with E-state index in [9.17, 15) is 19.8 Å². The number of ether oxygens (including phenoxy) is 1. The maximum atomic E-state index is 11.6.